The molecule has 0 aliphatic carbocycles. The smallest absolute Gasteiger partial charge is 0.332 e. The molecule has 2 aromatic rings. The highest BCUT2D eigenvalue weighted by Crippen LogP contribution is 2.03. The summed E-state index contributed by atoms with van der Waals surface area (Å²) < 4.78 is 10.5. The van der Waals surface area contributed by atoms with Crippen molar-refractivity contribution in [3.8, 4) is 0 Å². The van der Waals surface area contributed by atoms with Gasteiger partial charge in [-0.2, -0.15) is 0 Å². The Bertz CT molecular complexity index is 523. The van der Waals surface area contributed by atoms with E-state index in [-0.39, 0.29) is 12.6 Å². The van der Waals surface area contributed by atoms with Gasteiger partial charge in [-0.1, -0.05) is 60.7 Å². The minimum absolute atomic E-state index is 0.0155. The molecule has 0 unspecified atom stereocenters. The molecule has 0 saturated carbocycles. The van der Waals surface area contributed by atoms with Crippen LogP contribution in [0.5, 0.6) is 0 Å². The predicted octanol–water partition coefficient (Wildman–Crippen LogP) is 3.38. The van der Waals surface area contributed by atoms with Gasteiger partial charge in [-0.3, -0.25) is 0 Å². The Morgan fingerprint density at radius 3 is 2.14 bits per heavy atom. The summed E-state index contributed by atoms with van der Waals surface area (Å²) in [6, 6.07) is 19.9. The quantitative estimate of drug-likeness (QED) is 0.550. The predicted molar refractivity (Wildman–Crippen MR) is 81.8 cm³/mol. The molecular formula is C18H20O3. The molecular weight excluding hydrogens is 264 g/mol. The first-order valence-electron chi connectivity index (χ1n) is 7.16. The molecule has 2 aromatic carbocycles. The molecule has 0 spiro atoms. The molecule has 0 aliphatic heterocycles. The van der Waals surface area contributed by atoms with Crippen LogP contribution in [0.25, 0.3) is 0 Å². The number of rotatable bonds is 8. The molecule has 0 atom stereocenters. The SMILES string of the molecule is O=C(COCCCc1ccccc1)OCc1ccccc1. The van der Waals surface area contributed by atoms with Crippen molar-refractivity contribution in [2.45, 2.75) is 19.4 Å². The van der Waals surface area contributed by atoms with Gasteiger partial charge >= 0.3 is 5.97 Å². The van der Waals surface area contributed by atoms with E-state index < -0.39 is 0 Å². The Kier molecular flexibility index (Phi) is 6.49. The number of hydrogen-bond donors (Lipinski definition) is 0. The van der Waals surface area contributed by atoms with Crippen LogP contribution in [-0.2, 0) is 27.3 Å². The average Bonchev–Trinajstić information content (AvgIpc) is 2.54. The lowest BCUT2D eigenvalue weighted by atomic mass is 10.1. The normalized spacial score (nSPS) is 10.3. The van der Waals surface area contributed by atoms with Gasteiger partial charge in [-0.05, 0) is 24.0 Å². The van der Waals surface area contributed by atoms with Crippen LogP contribution < -0.4 is 0 Å². The monoisotopic (exact) mass is 284 g/mol. The van der Waals surface area contributed by atoms with E-state index >= 15 is 0 Å². The maximum atomic E-state index is 11.5. The third kappa shape index (κ3) is 6.23. The Labute approximate surface area is 125 Å². The van der Waals surface area contributed by atoms with Crippen LogP contribution in [0.2, 0.25) is 0 Å². The summed E-state index contributed by atoms with van der Waals surface area (Å²) in [5.74, 6) is -0.321. The van der Waals surface area contributed by atoms with Crippen LogP contribution >= 0.6 is 0 Å². The lowest BCUT2D eigenvalue weighted by Crippen LogP contribution is -2.13. The third-order valence-corrected chi connectivity index (χ3v) is 3.06. The van der Waals surface area contributed by atoms with Crippen molar-refractivity contribution in [1.82, 2.24) is 0 Å². The van der Waals surface area contributed by atoms with E-state index in [1.165, 1.54) is 5.56 Å². The van der Waals surface area contributed by atoms with Gasteiger partial charge in [0.15, 0.2) is 0 Å². The van der Waals surface area contributed by atoms with Crippen LogP contribution in [0.3, 0.4) is 0 Å². The van der Waals surface area contributed by atoms with E-state index in [9.17, 15) is 4.79 Å². The van der Waals surface area contributed by atoms with Crippen molar-refractivity contribution in [3.63, 3.8) is 0 Å². The topological polar surface area (TPSA) is 35.5 Å². The molecule has 21 heavy (non-hydrogen) atoms. The summed E-state index contributed by atoms with van der Waals surface area (Å²) in [6.45, 7) is 0.879. The van der Waals surface area contributed by atoms with Crippen molar-refractivity contribution in [1.29, 1.82) is 0 Å². The number of hydrogen-bond acceptors (Lipinski definition) is 3. The summed E-state index contributed by atoms with van der Waals surface area (Å²) >= 11 is 0. The van der Waals surface area contributed by atoms with Gasteiger partial charge in [-0.25, -0.2) is 4.79 Å². The Balaban J connectivity index is 1.53. The minimum atomic E-state index is -0.321. The van der Waals surface area contributed by atoms with E-state index in [2.05, 4.69) is 12.1 Å². The number of esters is 1. The molecule has 2 rings (SSSR count). The second-order valence-corrected chi connectivity index (χ2v) is 4.79. The molecule has 0 saturated heterocycles. The summed E-state index contributed by atoms with van der Waals surface area (Å²) in [5, 5.41) is 0. The van der Waals surface area contributed by atoms with Crippen LogP contribution in [0.15, 0.2) is 60.7 Å². The number of carbonyl (C=O) groups excluding carboxylic acids is 1. The van der Waals surface area contributed by atoms with Crippen molar-refractivity contribution >= 4 is 5.97 Å². The van der Waals surface area contributed by atoms with Gasteiger partial charge in [-0.15, -0.1) is 0 Å². The Morgan fingerprint density at radius 1 is 0.857 bits per heavy atom. The maximum absolute atomic E-state index is 11.5. The van der Waals surface area contributed by atoms with Crippen molar-refractivity contribution in [2.75, 3.05) is 13.2 Å². The maximum Gasteiger partial charge on any atom is 0.332 e. The largest absolute Gasteiger partial charge is 0.459 e. The number of benzene rings is 2. The first-order chi connectivity index (χ1) is 10.3. The van der Waals surface area contributed by atoms with Crippen molar-refractivity contribution in [2.24, 2.45) is 0 Å². The molecule has 0 bridgehead atoms. The fourth-order valence-corrected chi connectivity index (χ4v) is 1.96. The van der Waals surface area contributed by atoms with Gasteiger partial charge in [0.05, 0.1) is 0 Å². The van der Waals surface area contributed by atoms with E-state index in [4.69, 9.17) is 9.47 Å². The van der Waals surface area contributed by atoms with Gasteiger partial charge in [0.1, 0.15) is 13.2 Å². The molecule has 0 heterocycles. The highest BCUT2D eigenvalue weighted by atomic mass is 16.6. The minimum Gasteiger partial charge on any atom is -0.459 e. The third-order valence-electron chi connectivity index (χ3n) is 3.06. The molecule has 0 radical (unpaired) electrons. The molecule has 0 aliphatic rings. The number of aryl methyl sites for hydroxylation is 1. The Morgan fingerprint density at radius 2 is 1.48 bits per heavy atom. The molecule has 110 valence electrons. The first kappa shape index (κ1) is 15.3. The zero-order valence-electron chi connectivity index (χ0n) is 12.0. The average molecular weight is 284 g/mol. The standard InChI is InChI=1S/C18H20O3/c19-18(21-14-17-10-5-2-6-11-17)15-20-13-7-12-16-8-3-1-4-9-16/h1-6,8-11H,7,12-15H2. The fourth-order valence-electron chi connectivity index (χ4n) is 1.96. The van der Waals surface area contributed by atoms with E-state index in [1.807, 2.05) is 48.5 Å². The molecule has 0 aromatic heterocycles. The number of ether oxygens (including phenoxy) is 2. The second-order valence-electron chi connectivity index (χ2n) is 4.79. The second kappa shape index (κ2) is 8.93. The van der Waals surface area contributed by atoms with Crippen molar-refractivity contribution in [3.05, 3.63) is 71.8 Å². The van der Waals surface area contributed by atoms with Gasteiger partial charge in [0.2, 0.25) is 0 Å². The molecule has 0 fully saturated rings. The highest BCUT2D eigenvalue weighted by Gasteiger charge is 2.03. The lowest BCUT2D eigenvalue weighted by molar-refractivity contribution is -0.150. The summed E-state index contributed by atoms with van der Waals surface area (Å²) in [6.07, 6.45) is 1.86. The summed E-state index contributed by atoms with van der Waals surface area (Å²) in [4.78, 5) is 11.5. The van der Waals surface area contributed by atoms with Gasteiger partial charge < -0.3 is 9.47 Å². The summed E-state index contributed by atoms with van der Waals surface area (Å²) in [7, 11) is 0. The van der Waals surface area contributed by atoms with Crippen LogP contribution in [0.1, 0.15) is 17.5 Å². The van der Waals surface area contributed by atoms with Gasteiger partial charge in [0.25, 0.3) is 0 Å². The van der Waals surface area contributed by atoms with E-state index in [0.29, 0.717) is 13.2 Å². The molecule has 0 amide bonds. The van der Waals surface area contributed by atoms with E-state index in [1.54, 1.807) is 0 Å². The summed E-state index contributed by atoms with van der Waals surface area (Å²) in [5.41, 5.74) is 2.27. The van der Waals surface area contributed by atoms with Crippen molar-refractivity contribution < 1.29 is 14.3 Å². The number of carbonyl (C=O) groups is 1. The zero-order valence-corrected chi connectivity index (χ0v) is 12.0. The van der Waals surface area contributed by atoms with Crippen LogP contribution in [0.4, 0.5) is 0 Å². The first-order valence-corrected chi connectivity index (χ1v) is 7.16. The zero-order chi connectivity index (χ0) is 14.8. The Hall–Kier alpha value is -2.13. The molecule has 3 heteroatoms. The lowest BCUT2D eigenvalue weighted by Gasteiger charge is -2.06. The fraction of sp³-hybridized carbons (Fsp3) is 0.278. The molecule has 0 N–H and O–H groups in total. The highest BCUT2D eigenvalue weighted by molar-refractivity contribution is 5.70. The van der Waals surface area contributed by atoms with Crippen LogP contribution in [-0.4, -0.2) is 19.2 Å². The van der Waals surface area contributed by atoms with Crippen LogP contribution in [0, 0.1) is 0 Å². The van der Waals surface area contributed by atoms with E-state index in [0.717, 1.165) is 18.4 Å². The van der Waals surface area contributed by atoms with Gasteiger partial charge in [0, 0.05) is 6.61 Å². The molecule has 3 nitrogen and oxygen atoms in total.